The lowest BCUT2D eigenvalue weighted by Crippen LogP contribution is -2.13. The minimum atomic E-state index is -0.361. The molecule has 0 amide bonds. The van der Waals surface area contributed by atoms with Gasteiger partial charge in [-0.15, -0.1) is 0 Å². The average Bonchev–Trinajstić information content (AvgIpc) is 2.94. The zero-order valence-electron chi connectivity index (χ0n) is 15.4. The maximum atomic E-state index is 13.0. The smallest absolute Gasteiger partial charge is 0.308 e. The van der Waals surface area contributed by atoms with Gasteiger partial charge in [0.1, 0.15) is 5.75 Å². The van der Waals surface area contributed by atoms with Gasteiger partial charge in [0.25, 0.3) is 5.91 Å². The fourth-order valence-electron chi connectivity index (χ4n) is 3.15. The Kier molecular flexibility index (Phi) is 5.21. The van der Waals surface area contributed by atoms with E-state index in [1.165, 1.54) is 12.5 Å². The van der Waals surface area contributed by atoms with Crippen LogP contribution in [0.4, 0.5) is 0 Å². The summed E-state index contributed by atoms with van der Waals surface area (Å²) >= 11 is 0. The minimum Gasteiger partial charge on any atom is -0.427 e. The van der Waals surface area contributed by atoms with E-state index < -0.39 is 0 Å². The van der Waals surface area contributed by atoms with Crippen molar-refractivity contribution in [3.05, 3.63) is 65.4 Å². The van der Waals surface area contributed by atoms with Crippen molar-refractivity contribution in [2.45, 2.75) is 40.0 Å². The summed E-state index contributed by atoms with van der Waals surface area (Å²) in [5.41, 5.74) is 3.57. The highest BCUT2D eigenvalue weighted by atomic mass is 16.5. The number of ether oxygens (including phenoxy) is 1. The lowest BCUT2D eigenvalue weighted by atomic mass is 10.1. The summed E-state index contributed by atoms with van der Waals surface area (Å²) in [6, 6.07) is 15.1. The van der Waals surface area contributed by atoms with Crippen molar-refractivity contribution >= 4 is 22.8 Å². The molecule has 3 rings (SSSR count). The number of hydrogen-bond acceptors (Lipinski definition) is 3. The highest BCUT2D eigenvalue weighted by Gasteiger charge is 2.15. The first-order chi connectivity index (χ1) is 12.5. The van der Waals surface area contributed by atoms with Crippen LogP contribution in [0.5, 0.6) is 5.75 Å². The van der Waals surface area contributed by atoms with E-state index in [9.17, 15) is 9.59 Å². The van der Waals surface area contributed by atoms with Crippen LogP contribution < -0.4 is 4.74 Å². The van der Waals surface area contributed by atoms with Crippen LogP contribution >= 0.6 is 0 Å². The van der Waals surface area contributed by atoms with Gasteiger partial charge in [0.15, 0.2) is 0 Å². The molecule has 0 saturated carbocycles. The van der Waals surface area contributed by atoms with Crippen LogP contribution in [0.1, 0.15) is 48.3 Å². The van der Waals surface area contributed by atoms with E-state index >= 15 is 0 Å². The molecule has 0 bridgehead atoms. The fraction of sp³-hybridized carbons (Fsp3) is 0.273. The topological polar surface area (TPSA) is 48.3 Å². The molecule has 134 valence electrons. The van der Waals surface area contributed by atoms with Crippen LogP contribution in [0.15, 0.2) is 48.5 Å². The Bertz CT molecular complexity index is 951. The number of fused-ring (bicyclic) bond motifs is 1. The van der Waals surface area contributed by atoms with Crippen molar-refractivity contribution < 1.29 is 14.3 Å². The summed E-state index contributed by atoms with van der Waals surface area (Å²) in [4.78, 5) is 24.1. The molecule has 1 heterocycles. The molecular formula is C22H23NO3. The number of rotatable bonds is 5. The summed E-state index contributed by atoms with van der Waals surface area (Å²) in [5.74, 6) is 0.0643. The third-order valence-corrected chi connectivity index (χ3v) is 4.44. The predicted octanol–water partition coefficient (Wildman–Crippen LogP) is 4.91. The van der Waals surface area contributed by atoms with Crippen LogP contribution in [-0.2, 0) is 11.2 Å². The van der Waals surface area contributed by atoms with Gasteiger partial charge >= 0.3 is 5.97 Å². The van der Waals surface area contributed by atoms with Gasteiger partial charge in [-0.25, -0.2) is 0 Å². The van der Waals surface area contributed by atoms with E-state index in [4.69, 9.17) is 4.74 Å². The van der Waals surface area contributed by atoms with Crippen molar-refractivity contribution in [3.8, 4) is 5.75 Å². The maximum absolute atomic E-state index is 13.0. The van der Waals surface area contributed by atoms with E-state index in [0.29, 0.717) is 11.3 Å². The van der Waals surface area contributed by atoms with Crippen molar-refractivity contribution in [3.63, 3.8) is 0 Å². The maximum Gasteiger partial charge on any atom is 0.308 e. The average molecular weight is 349 g/mol. The van der Waals surface area contributed by atoms with Gasteiger partial charge in [-0.3, -0.25) is 14.2 Å². The molecule has 4 heteroatoms. The number of carbonyl (C=O) groups excluding carboxylic acids is 2. The second kappa shape index (κ2) is 7.56. The van der Waals surface area contributed by atoms with E-state index in [-0.39, 0.29) is 11.9 Å². The van der Waals surface area contributed by atoms with Crippen LogP contribution in [0, 0.1) is 6.92 Å². The second-order valence-electron chi connectivity index (χ2n) is 6.54. The lowest BCUT2D eigenvalue weighted by molar-refractivity contribution is -0.131. The van der Waals surface area contributed by atoms with Gasteiger partial charge in [-0.05, 0) is 61.7 Å². The van der Waals surface area contributed by atoms with Gasteiger partial charge in [0.2, 0.25) is 0 Å². The molecule has 1 aromatic heterocycles. The van der Waals surface area contributed by atoms with Crippen molar-refractivity contribution in [2.75, 3.05) is 0 Å². The lowest BCUT2D eigenvalue weighted by Gasteiger charge is -2.08. The summed E-state index contributed by atoms with van der Waals surface area (Å²) in [7, 11) is 0. The fourth-order valence-corrected chi connectivity index (χ4v) is 3.15. The highest BCUT2D eigenvalue weighted by Crippen LogP contribution is 2.25. The van der Waals surface area contributed by atoms with E-state index in [1.807, 2.05) is 43.3 Å². The molecule has 0 unspecified atom stereocenters. The monoisotopic (exact) mass is 349 g/mol. The van der Waals surface area contributed by atoms with Crippen LogP contribution in [0.25, 0.3) is 10.9 Å². The largest absolute Gasteiger partial charge is 0.427 e. The molecule has 0 saturated heterocycles. The van der Waals surface area contributed by atoms with E-state index in [0.717, 1.165) is 35.9 Å². The summed E-state index contributed by atoms with van der Waals surface area (Å²) < 4.78 is 6.83. The summed E-state index contributed by atoms with van der Waals surface area (Å²) in [6.45, 7) is 5.44. The molecule has 0 spiro atoms. The molecule has 4 nitrogen and oxygen atoms in total. The molecule has 0 N–H and O–H groups in total. The first-order valence-electron chi connectivity index (χ1n) is 8.93. The second-order valence-corrected chi connectivity index (χ2v) is 6.54. The molecule has 0 fully saturated rings. The molecule has 26 heavy (non-hydrogen) atoms. The Morgan fingerprint density at radius 3 is 2.42 bits per heavy atom. The van der Waals surface area contributed by atoms with Crippen LogP contribution in [0.2, 0.25) is 0 Å². The first-order valence-corrected chi connectivity index (χ1v) is 8.93. The Labute approximate surface area is 153 Å². The molecule has 0 aliphatic heterocycles. The standard InChI is InChI=1S/C22H23NO3/c1-4-5-6-17-7-9-18(10-8-17)22(25)23-15(2)13-19-14-20(26-16(3)24)11-12-21(19)23/h7-14H,4-6H2,1-3H3. The number of esters is 1. The van der Waals surface area contributed by atoms with Gasteiger partial charge < -0.3 is 4.74 Å². The third-order valence-electron chi connectivity index (χ3n) is 4.44. The molecule has 3 aromatic rings. The molecule has 0 aliphatic carbocycles. The SMILES string of the molecule is CCCCc1ccc(C(=O)n2c(C)cc3cc(OC(C)=O)ccc32)cc1. The van der Waals surface area contributed by atoms with Crippen molar-refractivity contribution in [2.24, 2.45) is 0 Å². The molecule has 0 atom stereocenters. The summed E-state index contributed by atoms with van der Waals surface area (Å²) in [5, 5.41) is 0.870. The van der Waals surface area contributed by atoms with E-state index in [2.05, 4.69) is 6.92 Å². The van der Waals surface area contributed by atoms with E-state index in [1.54, 1.807) is 16.7 Å². The summed E-state index contributed by atoms with van der Waals surface area (Å²) in [6.07, 6.45) is 3.35. The number of benzene rings is 2. The van der Waals surface area contributed by atoms with Crippen LogP contribution in [0.3, 0.4) is 0 Å². The third kappa shape index (κ3) is 3.69. The Morgan fingerprint density at radius 2 is 1.77 bits per heavy atom. The molecule has 0 aliphatic rings. The zero-order chi connectivity index (χ0) is 18.7. The van der Waals surface area contributed by atoms with Crippen molar-refractivity contribution in [1.82, 2.24) is 4.57 Å². The number of carbonyl (C=O) groups is 2. The number of unbranched alkanes of at least 4 members (excludes halogenated alkanes) is 1. The number of nitrogens with zero attached hydrogens (tertiary/aromatic N) is 1. The number of aryl methyl sites for hydroxylation is 2. The predicted molar refractivity (Wildman–Crippen MR) is 103 cm³/mol. The normalized spacial score (nSPS) is 10.9. The zero-order valence-corrected chi connectivity index (χ0v) is 15.4. The number of hydrogen-bond donors (Lipinski definition) is 0. The Morgan fingerprint density at radius 1 is 1.04 bits per heavy atom. The van der Waals surface area contributed by atoms with Crippen LogP contribution in [-0.4, -0.2) is 16.4 Å². The van der Waals surface area contributed by atoms with Gasteiger partial charge in [-0.2, -0.15) is 0 Å². The first kappa shape index (κ1) is 17.9. The van der Waals surface area contributed by atoms with Gasteiger partial charge in [0, 0.05) is 23.6 Å². The Balaban J connectivity index is 1.92. The molecular weight excluding hydrogens is 326 g/mol. The molecule has 2 aromatic carbocycles. The quantitative estimate of drug-likeness (QED) is 0.486. The minimum absolute atomic E-state index is 0.0558. The van der Waals surface area contributed by atoms with Crippen molar-refractivity contribution in [1.29, 1.82) is 0 Å². The molecule has 0 radical (unpaired) electrons. The van der Waals surface area contributed by atoms with Gasteiger partial charge in [-0.1, -0.05) is 25.5 Å². The highest BCUT2D eigenvalue weighted by molar-refractivity contribution is 6.03. The number of aromatic nitrogens is 1. The van der Waals surface area contributed by atoms with Gasteiger partial charge in [0.05, 0.1) is 5.52 Å². The Hall–Kier alpha value is -2.88.